The minimum atomic E-state index is -3.45. The average Bonchev–Trinajstić information content (AvgIpc) is 1.97. The standard InChI is InChI=1S/C4H13N3O3S/c5-1-2-6-11(9,10)7-3-4-8/h6-8H,1-5H2. The van der Waals surface area contributed by atoms with E-state index in [0.29, 0.717) is 0 Å². The highest BCUT2D eigenvalue weighted by molar-refractivity contribution is 7.87. The Labute approximate surface area is 66.0 Å². The second kappa shape index (κ2) is 5.44. The fraction of sp³-hybridized carbons (Fsp3) is 1.00. The number of nitrogens with two attached hydrogens (primary N) is 1. The lowest BCUT2D eigenvalue weighted by Gasteiger charge is -2.04. The van der Waals surface area contributed by atoms with E-state index in [1.54, 1.807) is 0 Å². The molecule has 0 saturated carbocycles. The van der Waals surface area contributed by atoms with Crippen LogP contribution < -0.4 is 15.2 Å². The van der Waals surface area contributed by atoms with E-state index < -0.39 is 10.2 Å². The van der Waals surface area contributed by atoms with Crippen LogP contribution in [-0.2, 0) is 10.2 Å². The molecule has 0 atom stereocenters. The van der Waals surface area contributed by atoms with Crippen molar-refractivity contribution in [2.45, 2.75) is 0 Å². The number of hydrogen-bond donors (Lipinski definition) is 4. The highest BCUT2D eigenvalue weighted by Gasteiger charge is 2.05. The Hall–Kier alpha value is -0.210. The minimum Gasteiger partial charge on any atom is -0.395 e. The van der Waals surface area contributed by atoms with E-state index in [1.165, 1.54) is 0 Å². The third-order valence-electron chi connectivity index (χ3n) is 0.840. The van der Waals surface area contributed by atoms with E-state index in [4.69, 9.17) is 10.8 Å². The van der Waals surface area contributed by atoms with E-state index in [9.17, 15) is 8.42 Å². The molecule has 0 spiro atoms. The quantitative estimate of drug-likeness (QED) is 0.361. The molecular formula is C4H13N3O3S. The summed E-state index contributed by atoms with van der Waals surface area (Å²) in [6, 6.07) is 0. The van der Waals surface area contributed by atoms with Crippen molar-refractivity contribution in [2.75, 3.05) is 26.2 Å². The first-order chi connectivity index (χ1) is 5.12. The fourth-order valence-electron chi connectivity index (χ4n) is 0.424. The molecule has 5 N–H and O–H groups in total. The van der Waals surface area contributed by atoms with Crippen LogP contribution in [0.3, 0.4) is 0 Å². The average molecular weight is 183 g/mol. The first-order valence-corrected chi connectivity index (χ1v) is 4.66. The van der Waals surface area contributed by atoms with Gasteiger partial charge in [0, 0.05) is 19.6 Å². The van der Waals surface area contributed by atoms with Crippen LogP contribution in [0.1, 0.15) is 0 Å². The largest absolute Gasteiger partial charge is 0.395 e. The van der Waals surface area contributed by atoms with Crippen LogP contribution in [-0.4, -0.2) is 39.8 Å². The van der Waals surface area contributed by atoms with Crippen molar-refractivity contribution in [1.82, 2.24) is 9.44 Å². The Balaban J connectivity index is 3.63. The lowest BCUT2D eigenvalue weighted by Crippen LogP contribution is -2.40. The Morgan fingerprint density at radius 3 is 2.27 bits per heavy atom. The SMILES string of the molecule is NCCNS(=O)(=O)NCCO. The highest BCUT2D eigenvalue weighted by Crippen LogP contribution is 1.72. The van der Waals surface area contributed by atoms with Crippen molar-refractivity contribution in [2.24, 2.45) is 5.73 Å². The van der Waals surface area contributed by atoms with E-state index >= 15 is 0 Å². The van der Waals surface area contributed by atoms with Crippen LogP contribution in [0.15, 0.2) is 0 Å². The predicted molar refractivity (Wildman–Crippen MR) is 41.1 cm³/mol. The fourth-order valence-corrected chi connectivity index (χ4v) is 1.27. The molecular weight excluding hydrogens is 170 g/mol. The van der Waals surface area contributed by atoms with Gasteiger partial charge in [-0.1, -0.05) is 0 Å². The van der Waals surface area contributed by atoms with Crippen molar-refractivity contribution < 1.29 is 13.5 Å². The predicted octanol–water partition coefficient (Wildman–Crippen LogP) is -2.64. The second-order valence-corrected chi connectivity index (χ2v) is 3.39. The summed E-state index contributed by atoms with van der Waals surface area (Å²) in [7, 11) is -3.45. The van der Waals surface area contributed by atoms with Gasteiger partial charge in [-0.05, 0) is 0 Å². The molecule has 0 aromatic heterocycles. The van der Waals surface area contributed by atoms with Crippen LogP contribution in [0.2, 0.25) is 0 Å². The smallest absolute Gasteiger partial charge is 0.277 e. The Bertz CT molecular complexity index is 165. The molecule has 0 saturated heterocycles. The maximum absolute atomic E-state index is 10.8. The number of nitrogens with one attached hydrogen (secondary N) is 2. The third-order valence-corrected chi connectivity index (χ3v) is 2.01. The molecule has 6 nitrogen and oxygen atoms in total. The Kier molecular flexibility index (Phi) is 5.34. The summed E-state index contributed by atoms with van der Waals surface area (Å²) in [6.45, 7) is 0.240. The molecule has 0 radical (unpaired) electrons. The molecule has 0 unspecified atom stereocenters. The van der Waals surface area contributed by atoms with Gasteiger partial charge in [0.1, 0.15) is 0 Å². The first-order valence-electron chi connectivity index (χ1n) is 3.17. The molecule has 0 fully saturated rings. The molecule has 0 amide bonds. The maximum Gasteiger partial charge on any atom is 0.277 e. The maximum atomic E-state index is 10.8. The Morgan fingerprint density at radius 1 is 1.27 bits per heavy atom. The zero-order valence-electron chi connectivity index (χ0n) is 6.08. The van der Waals surface area contributed by atoms with Gasteiger partial charge in [0.2, 0.25) is 0 Å². The summed E-state index contributed by atoms with van der Waals surface area (Å²) in [5, 5.41) is 8.28. The van der Waals surface area contributed by atoms with E-state index in [1.807, 2.05) is 0 Å². The number of rotatable bonds is 6. The molecule has 68 valence electrons. The molecule has 0 aromatic rings. The zero-order valence-corrected chi connectivity index (χ0v) is 6.89. The first kappa shape index (κ1) is 10.8. The van der Waals surface area contributed by atoms with Crippen molar-refractivity contribution >= 4 is 10.2 Å². The minimum absolute atomic E-state index is 0.0138. The molecule has 0 heterocycles. The summed E-state index contributed by atoms with van der Waals surface area (Å²) in [5.41, 5.74) is 5.06. The van der Waals surface area contributed by atoms with E-state index in [0.717, 1.165) is 0 Å². The van der Waals surface area contributed by atoms with Crippen LogP contribution in [0, 0.1) is 0 Å². The van der Waals surface area contributed by atoms with Gasteiger partial charge in [-0.2, -0.15) is 8.42 Å². The Morgan fingerprint density at radius 2 is 1.82 bits per heavy atom. The summed E-state index contributed by atoms with van der Waals surface area (Å²) in [5.74, 6) is 0. The second-order valence-electron chi connectivity index (χ2n) is 1.80. The van der Waals surface area contributed by atoms with Gasteiger partial charge in [-0.15, -0.1) is 0 Å². The lowest BCUT2D eigenvalue weighted by atomic mass is 10.7. The van der Waals surface area contributed by atoms with Gasteiger partial charge < -0.3 is 10.8 Å². The molecule has 0 bridgehead atoms. The van der Waals surface area contributed by atoms with Crippen LogP contribution in [0.5, 0.6) is 0 Å². The van der Waals surface area contributed by atoms with Crippen molar-refractivity contribution in [3.8, 4) is 0 Å². The monoisotopic (exact) mass is 183 g/mol. The van der Waals surface area contributed by atoms with Crippen molar-refractivity contribution in [3.63, 3.8) is 0 Å². The van der Waals surface area contributed by atoms with Gasteiger partial charge in [0.25, 0.3) is 10.2 Å². The van der Waals surface area contributed by atoms with Crippen molar-refractivity contribution in [3.05, 3.63) is 0 Å². The normalized spacial score (nSPS) is 11.8. The number of aliphatic hydroxyl groups is 1. The van der Waals surface area contributed by atoms with Gasteiger partial charge in [-0.3, -0.25) is 0 Å². The summed E-state index contributed by atoms with van der Waals surface area (Å²) < 4.78 is 25.8. The zero-order chi connectivity index (χ0) is 8.74. The van der Waals surface area contributed by atoms with Crippen molar-refractivity contribution in [1.29, 1.82) is 0 Å². The highest BCUT2D eigenvalue weighted by atomic mass is 32.2. The van der Waals surface area contributed by atoms with Gasteiger partial charge in [0.15, 0.2) is 0 Å². The van der Waals surface area contributed by atoms with Gasteiger partial charge >= 0.3 is 0 Å². The van der Waals surface area contributed by atoms with Crippen LogP contribution in [0.4, 0.5) is 0 Å². The molecule has 7 heteroatoms. The number of hydrogen-bond acceptors (Lipinski definition) is 4. The van der Waals surface area contributed by atoms with Gasteiger partial charge in [0.05, 0.1) is 6.61 Å². The summed E-state index contributed by atoms with van der Waals surface area (Å²) in [4.78, 5) is 0. The lowest BCUT2D eigenvalue weighted by molar-refractivity contribution is 0.300. The van der Waals surface area contributed by atoms with Crippen LogP contribution in [0.25, 0.3) is 0 Å². The third kappa shape index (κ3) is 6.20. The summed E-state index contributed by atoms with van der Waals surface area (Å²) in [6.07, 6.45) is 0. The van der Waals surface area contributed by atoms with E-state index in [-0.39, 0.29) is 26.2 Å². The molecule has 0 aliphatic rings. The summed E-state index contributed by atoms with van der Waals surface area (Å²) >= 11 is 0. The molecule has 0 rings (SSSR count). The molecule has 0 aliphatic heterocycles. The van der Waals surface area contributed by atoms with Gasteiger partial charge in [-0.25, -0.2) is 9.44 Å². The number of aliphatic hydroxyl groups excluding tert-OH is 1. The molecule has 0 aromatic carbocycles. The van der Waals surface area contributed by atoms with Crippen LogP contribution >= 0.6 is 0 Å². The molecule has 11 heavy (non-hydrogen) atoms. The molecule has 0 aliphatic carbocycles. The van der Waals surface area contributed by atoms with E-state index in [2.05, 4.69) is 9.44 Å². The topological polar surface area (TPSA) is 104 Å².